The summed E-state index contributed by atoms with van der Waals surface area (Å²) >= 11 is 0. The third-order valence-corrected chi connectivity index (χ3v) is 3.22. The van der Waals surface area contributed by atoms with Crippen LogP contribution in [-0.4, -0.2) is 20.1 Å². The van der Waals surface area contributed by atoms with Crippen LogP contribution in [0.3, 0.4) is 0 Å². The van der Waals surface area contributed by atoms with E-state index in [1.165, 1.54) is 24.1 Å². The molecule has 0 aromatic heterocycles. The molecule has 1 N–H and O–H groups in total. The van der Waals surface area contributed by atoms with Crippen LogP contribution in [0.4, 0.5) is 5.69 Å². The van der Waals surface area contributed by atoms with Crippen LogP contribution in [0.15, 0.2) is 36.9 Å². The van der Waals surface area contributed by atoms with E-state index in [-0.39, 0.29) is 0 Å². The summed E-state index contributed by atoms with van der Waals surface area (Å²) < 4.78 is 0. The first-order valence-corrected chi connectivity index (χ1v) is 5.97. The zero-order chi connectivity index (χ0) is 11.4. The van der Waals surface area contributed by atoms with Crippen molar-refractivity contribution in [2.24, 2.45) is 0 Å². The molecule has 0 spiro atoms. The standard InChI is InChI=1S/C14H20N2/c1-3-10-15-13-8-6-11-16(2)14-9-5-4-7-12(13)14/h3-5,7,9,13,15H,1,6,8,10-11H2,2H3. The van der Waals surface area contributed by atoms with Crippen molar-refractivity contribution < 1.29 is 0 Å². The number of rotatable bonds is 3. The van der Waals surface area contributed by atoms with Gasteiger partial charge in [-0.2, -0.15) is 0 Å². The van der Waals surface area contributed by atoms with Crippen LogP contribution >= 0.6 is 0 Å². The Labute approximate surface area is 98.0 Å². The maximum Gasteiger partial charge on any atom is 0.0412 e. The molecule has 1 aliphatic rings. The monoisotopic (exact) mass is 216 g/mol. The fourth-order valence-corrected chi connectivity index (χ4v) is 2.38. The number of fused-ring (bicyclic) bond motifs is 1. The van der Waals surface area contributed by atoms with E-state index in [0.717, 1.165) is 13.1 Å². The molecule has 0 radical (unpaired) electrons. The lowest BCUT2D eigenvalue weighted by Crippen LogP contribution is -2.21. The Balaban J connectivity index is 2.27. The summed E-state index contributed by atoms with van der Waals surface area (Å²) in [4.78, 5) is 2.35. The molecule has 0 amide bonds. The van der Waals surface area contributed by atoms with E-state index in [0.29, 0.717) is 6.04 Å². The third-order valence-electron chi connectivity index (χ3n) is 3.22. The number of nitrogens with zero attached hydrogens (tertiary/aromatic N) is 1. The molecule has 2 heteroatoms. The molecule has 1 aromatic rings. The molecule has 1 atom stereocenters. The Hall–Kier alpha value is -1.28. The van der Waals surface area contributed by atoms with E-state index in [1.54, 1.807) is 0 Å². The van der Waals surface area contributed by atoms with E-state index in [9.17, 15) is 0 Å². The minimum Gasteiger partial charge on any atom is -0.374 e. The van der Waals surface area contributed by atoms with Gasteiger partial charge in [-0.05, 0) is 24.5 Å². The van der Waals surface area contributed by atoms with E-state index < -0.39 is 0 Å². The van der Waals surface area contributed by atoms with Gasteiger partial charge in [0.25, 0.3) is 0 Å². The van der Waals surface area contributed by atoms with Gasteiger partial charge in [-0.25, -0.2) is 0 Å². The fourth-order valence-electron chi connectivity index (χ4n) is 2.38. The summed E-state index contributed by atoms with van der Waals surface area (Å²) in [5.74, 6) is 0. The van der Waals surface area contributed by atoms with Gasteiger partial charge in [0.15, 0.2) is 0 Å². The molecule has 0 aliphatic carbocycles. The molecular weight excluding hydrogens is 196 g/mol. The van der Waals surface area contributed by atoms with Crippen molar-refractivity contribution in [3.05, 3.63) is 42.5 Å². The first kappa shape index (κ1) is 11.2. The molecular formula is C14H20N2. The summed E-state index contributed by atoms with van der Waals surface area (Å²) in [6.45, 7) is 5.79. The molecule has 0 saturated heterocycles. The van der Waals surface area contributed by atoms with Crippen LogP contribution in [0.25, 0.3) is 0 Å². The lowest BCUT2D eigenvalue weighted by atomic mass is 10.0. The van der Waals surface area contributed by atoms with E-state index >= 15 is 0 Å². The van der Waals surface area contributed by atoms with Gasteiger partial charge in [-0.1, -0.05) is 24.3 Å². The van der Waals surface area contributed by atoms with Crippen molar-refractivity contribution >= 4 is 5.69 Å². The molecule has 16 heavy (non-hydrogen) atoms. The number of benzene rings is 1. The van der Waals surface area contributed by atoms with Gasteiger partial charge in [-0.3, -0.25) is 0 Å². The normalized spacial score (nSPS) is 20.1. The van der Waals surface area contributed by atoms with Crippen LogP contribution in [0.1, 0.15) is 24.4 Å². The van der Waals surface area contributed by atoms with Crippen molar-refractivity contribution in [2.45, 2.75) is 18.9 Å². The zero-order valence-corrected chi connectivity index (χ0v) is 9.95. The highest BCUT2D eigenvalue weighted by Crippen LogP contribution is 2.31. The third kappa shape index (κ3) is 2.27. The summed E-state index contributed by atoms with van der Waals surface area (Å²) in [6.07, 6.45) is 4.37. The molecule has 0 bridgehead atoms. The Morgan fingerprint density at radius 2 is 2.31 bits per heavy atom. The number of hydrogen-bond donors (Lipinski definition) is 1. The van der Waals surface area contributed by atoms with Crippen LogP contribution in [0.5, 0.6) is 0 Å². The van der Waals surface area contributed by atoms with Gasteiger partial charge in [0.1, 0.15) is 0 Å². The highest BCUT2D eigenvalue weighted by atomic mass is 15.1. The van der Waals surface area contributed by atoms with E-state index in [1.807, 2.05) is 6.08 Å². The zero-order valence-electron chi connectivity index (χ0n) is 9.95. The number of nitrogens with one attached hydrogen (secondary N) is 1. The molecule has 0 fully saturated rings. The fraction of sp³-hybridized carbons (Fsp3) is 0.429. The molecule has 1 unspecified atom stereocenters. The largest absolute Gasteiger partial charge is 0.374 e. The van der Waals surface area contributed by atoms with E-state index in [4.69, 9.17) is 0 Å². The van der Waals surface area contributed by atoms with E-state index in [2.05, 4.69) is 48.1 Å². The van der Waals surface area contributed by atoms with Gasteiger partial charge < -0.3 is 10.2 Å². The molecule has 1 heterocycles. The summed E-state index contributed by atoms with van der Waals surface area (Å²) in [6, 6.07) is 9.16. The Bertz CT molecular complexity index is 360. The summed E-state index contributed by atoms with van der Waals surface area (Å²) in [5, 5.41) is 3.54. The topological polar surface area (TPSA) is 15.3 Å². The van der Waals surface area contributed by atoms with Gasteiger partial charge in [-0.15, -0.1) is 6.58 Å². The molecule has 1 aliphatic heterocycles. The Morgan fingerprint density at radius 3 is 3.12 bits per heavy atom. The van der Waals surface area contributed by atoms with Crippen LogP contribution in [0.2, 0.25) is 0 Å². The maximum atomic E-state index is 3.77. The van der Waals surface area contributed by atoms with Crippen molar-refractivity contribution in [3.63, 3.8) is 0 Å². The summed E-state index contributed by atoms with van der Waals surface area (Å²) in [7, 11) is 2.18. The van der Waals surface area contributed by atoms with Crippen molar-refractivity contribution in [1.29, 1.82) is 0 Å². The molecule has 2 nitrogen and oxygen atoms in total. The van der Waals surface area contributed by atoms with Gasteiger partial charge in [0.05, 0.1) is 0 Å². The van der Waals surface area contributed by atoms with Crippen LogP contribution in [0, 0.1) is 0 Å². The SMILES string of the molecule is C=CCNC1CCCN(C)c2ccccc21. The molecule has 1 aromatic carbocycles. The van der Waals surface area contributed by atoms with Crippen LogP contribution < -0.4 is 10.2 Å². The molecule has 2 rings (SSSR count). The average Bonchev–Trinajstić information content (AvgIpc) is 2.47. The Kier molecular flexibility index (Phi) is 3.62. The number of anilines is 1. The number of hydrogen-bond acceptors (Lipinski definition) is 2. The first-order valence-electron chi connectivity index (χ1n) is 5.97. The van der Waals surface area contributed by atoms with Crippen molar-refractivity contribution in [1.82, 2.24) is 5.32 Å². The second-order valence-electron chi connectivity index (χ2n) is 4.37. The van der Waals surface area contributed by atoms with Gasteiger partial charge in [0.2, 0.25) is 0 Å². The highest BCUT2D eigenvalue weighted by Gasteiger charge is 2.19. The second-order valence-corrected chi connectivity index (χ2v) is 4.37. The maximum absolute atomic E-state index is 3.77. The quantitative estimate of drug-likeness (QED) is 0.782. The smallest absolute Gasteiger partial charge is 0.0412 e. The van der Waals surface area contributed by atoms with Crippen molar-refractivity contribution in [2.75, 3.05) is 25.0 Å². The first-order chi connectivity index (χ1) is 7.83. The average molecular weight is 216 g/mol. The molecule has 0 saturated carbocycles. The summed E-state index contributed by atoms with van der Waals surface area (Å²) in [5.41, 5.74) is 2.78. The van der Waals surface area contributed by atoms with Crippen LogP contribution in [-0.2, 0) is 0 Å². The van der Waals surface area contributed by atoms with Gasteiger partial charge >= 0.3 is 0 Å². The lowest BCUT2D eigenvalue weighted by molar-refractivity contribution is 0.523. The van der Waals surface area contributed by atoms with Crippen molar-refractivity contribution in [3.8, 4) is 0 Å². The molecule has 86 valence electrons. The predicted octanol–water partition coefficient (Wildman–Crippen LogP) is 2.73. The lowest BCUT2D eigenvalue weighted by Gasteiger charge is -2.21. The predicted molar refractivity (Wildman–Crippen MR) is 69.9 cm³/mol. The van der Waals surface area contributed by atoms with Gasteiger partial charge in [0, 0.05) is 31.9 Å². The minimum atomic E-state index is 0.471. The highest BCUT2D eigenvalue weighted by molar-refractivity contribution is 5.55. The number of para-hydroxylation sites is 1. The second kappa shape index (κ2) is 5.17. The minimum absolute atomic E-state index is 0.471. The Morgan fingerprint density at radius 1 is 1.50 bits per heavy atom.